The number of aliphatic hydroxyl groups excluding tert-OH is 1. The zero-order valence-corrected chi connectivity index (χ0v) is 12.2. The van der Waals surface area contributed by atoms with E-state index in [1.165, 1.54) is 18.4 Å². The van der Waals surface area contributed by atoms with Crippen molar-refractivity contribution < 1.29 is 5.11 Å². The van der Waals surface area contributed by atoms with E-state index in [9.17, 15) is 5.11 Å². The molecule has 0 aromatic heterocycles. The maximum absolute atomic E-state index is 9.19. The zero-order chi connectivity index (χ0) is 12.6. The van der Waals surface area contributed by atoms with Crippen LogP contribution in [0.25, 0.3) is 0 Å². The molecule has 1 aliphatic rings. The maximum atomic E-state index is 9.19. The lowest BCUT2D eigenvalue weighted by Gasteiger charge is -2.29. The minimum atomic E-state index is 0. The van der Waals surface area contributed by atoms with Crippen LogP contribution in [0.15, 0.2) is 30.3 Å². The first-order valence-electron chi connectivity index (χ1n) is 6.96. The highest BCUT2D eigenvalue weighted by molar-refractivity contribution is 5.85. The fraction of sp³-hybridized carbons (Fsp3) is 0.600. The predicted octanol–water partition coefficient (Wildman–Crippen LogP) is 1.90. The molecule has 2 N–H and O–H groups in total. The van der Waals surface area contributed by atoms with Crippen molar-refractivity contribution in [3.05, 3.63) is 35.9 Å². The van der Waals surface area contributed by atoms with E-state index in [1.807, 2.05) is 6.07 Å². The molecule has 0 unspecified atom stereocenters. The Morgan fingerprint density at radius 2 is 1.84 bits per heavy atom. The highest BCUT2D eigenvalue weighted by Gasteiger charge is 2.16. The summed E-state index contributed by atoms with van der Waals surface area (Å²) in [5.41, 5.74) is 1.33. The first kappa shape index (κ1) is 16.4. The molecule has 1 aromatic rings. The lowest BCUT2D eigenvalue weighted by Crippen LogP contribution is -2.37. The van der Waals surface area contributed by atoms with Gasteiger partial charge in [0.15, 0.2) is 0 Å². The Labute approximate surface area is 122 Å². The quantitative estimate of drug-likeness (QED) is 0.838. The van der Waals surface area contributed by atoms with Crippen molar-refractivity contribution in [2.24, 2.45) is 5.92 Å². The van der Waals surface area contributed by atoms with Gasteiger partial charge in [-0.3, -0.25) is 4.90 Å². The Bertz CT molecular complexity index is 328. The number of hydrogen-bond donors (Lipinski definition) is 2. The van der Waals surface area contributed by atoms with E-state index in [2.05, 4.69) is 34.5 Å². The van der Waals surface area contributed by atoms with Gasteiger partial charge in [0, 0.05) is 19.6 Å². The summed E-state index contributed by atoms with van der Waals surface area (Å²) in [5.74, 6) is 0.779. The molecule has 1 aliphatic heterocycles. The molecule has 0 saturated carbocycles. The second kappa shape index (κ2) is 9.32. The number of piperidine rings is 1. The molecule has 1 heterocycles. The first-order valence-corrected chi connectivity index (χ1v) is 6.96. The first-order chi connectivity index (χ1) is 8.88. The van der Waals surface area contributed by atoms with Crippen LogP contribution in [0.1, 0.15) is 18.4 Å². The van der Waals surface area contributed by atoms with Crippen LogP contribution in [0.2, 0.25) is 0 Å². The molecule has 108 valence electrons. The smallest absolute Gasteiger partial charge is 0.0558 e. The van der Waals surface area contributed by atoms with Crippen molar-refractivity contribution in [2.75, 3.05) is 32.8 Å². The molecule has 0 amide bonds. The zero-order valence-electron chi connectivity index (χ0n) is 11.4. The van der Waals surface area contributed by atoms with Gasteiger partial charge in [-0.1, -0.05) is 30.3 Å². The Hall–Kier alpha value is -0.610. The lowest BCUT2D eigenvalue weighted by molar-refractivity contribution is 0.157. The summed E-state index contributed by atoms with van der Waals surface area (Å²) < 4.78 is 0. The molecule has 1 fully saturated rings. The van der Waals surface area contributed by atoms with Crippen LogP contribution < -0.4 is 5.32 Å². The summed E-state index contributed by atoms with van der Waals surface area (Å²) in [4.78, 5) is 2.38. The van der Waals surface area contributed by atoms with Gasteiger partial charge in [-0.25, -0.2) is 0 Å². The monoisotopic (exact) mass is 284 g/mol. The van der Waals surface area contributed by atoms with Gasteiger partial charge >= 0.3 is 0 Å². The third kappa shape index (κ3) is 5.91. The molecule has 1 saturated heterocycles. The van der Waals surface area contributed by atoms with E-state index in [0.29, 0.717) is 0 Å². The normalized spacial score (nSPS) is 16.3. The predicted molar refractivity (Wildman–Crippen MR) is 81.6 cm³/mol. The molecule has 1 aromatic carbocycles. The molecule has 2 rings (SSSR count). The van der Waals surface area contributed by atoms with Crippen molar-refractivity contribution in [1.82, 2.24) is 10.2 Å². The molecule has 0 aliphatic carbocycles. The van der Waals surface area contributed by atoms with Crippen LogP contribution in [0.3, 0.4) is 0 Å². The summed E-state index contributed by atoms with van der Waals surface area (Å²) in [6, 6.07) is 10.5. The van der Waals surface area contributed by atoms with Crippen molar-refractivity contribution in [1.29, 1.82) is 0 Å². The Morgan fingerprint density at radius 1 is 1.16 bits per heavy atom. The van der Waals surface area contributed by atoms with Crippen LogP contribution in [-0.4, -0.2) is 42.8 Å². The van der Waals surface area contributed by atoms with Gasteiger partial charge in [0.05, 0.1) is 6.61 Å². The van der Waals surface area contributed by atoms with Crippen molar-refractivity contribution in [2.45, 2.75) is 19.4 Å². The topological polar surface area (TPSA) is 35.5 Å². The molecule has 0 bridgehead atoms. The summed E-state index contributed by atoms with van der Waals surface area (Å²) in [5, 5.41) is 12.6. The van der Waals surface area contributed by atoms with Crippen LogP contribution in [0.5, 0.6) is 0 Å². The van der Waals surface area contributed by atoms with Gasteiger partial charge in [-0.2, -0.15) is 0 Å². The average Bonchev–Trinajstić information content (AvgIpc) is 2.41. The van der Waals surface area contributed by atoms with E-state index in [4.69, 9.17) is 0 Å². The van der Waals surface area contributed by atoms with Gasteiger partial charge in [-0.05, 0) is 37.4 Å². The molecule has 0 spiro atoms. The molecular formula is C15H25ClN2O. The van der Waals surface area contributed by atoms with E-state index in [1.54, 1.807) is 0 Å². The molecular weight excluding hydrogens is 260 g/mol. The molecule has 0 radical (unpaired) electrons. The van der Waals surface area contributed by atoms with Gasteiger partial charge in [-0.15, -0.1) is 12.4 Å². The highest BCUT2D eigenvalue weighted by atomic mass is 35.5. The standard InChI is InChI=1S/C15H24N2O.ClH/c18-11-10-17(12-14-4-2-1-3-5-14)13-15-6-8-16-9-7-15;/h1-5,15-16,18H,6-13H2;1H. The van der Waals surface area contributed by atoms with E-state index >= 15 is 0 Å². The van der Waals surface area contributed by atoms with Crippen molar-refractivity contribution in [3.63, 3.8) is 0 Å². The van der Waals surface area contributed by atoms with Crippen LogP contribution in [-0.2, 0) is 6.54 Å². The molecule has 0 atom stereocenters. The largest absolute Gasteiger partial charge is 0.395 e. The maximum Gasteiger partial charge on any atom is 0.0558 e. The van der Waals surface area contributed by atoms with E-state index in [0.717, 1.165) is 38.6 Å². The molecule has 3 nitrogen and oxygen atoms in total. The Kier molecular flexibility index (Phi) is 8.07. The number of rotatable bonds is 6. The minimum Gasteiger partial charge on any atom is -0.395 e. The van der Waals surface area contributed by atoms with Crippen LogP contribution in [0, 0.1) is 5.92 Å². The van der Waals surface area contributed by atoms with Gasteiger partial charge < -0.3 is 10.4 Å². The number of nitrogens with one attached hydrogen (secondary N) is 1. The Balaban J connectivity index is 0.00000180. The minimum absolute atomic E-state index is 0. The number of nitrogens with zero attached hydrogens (tertiary/aromatic N) is 1. The van der Waals surface area contributed by atoms with E-state index < -0.39 is 0 Å². The molecule has 19 heavy (non-hydrogen) atoms. The van der Waals surface area contributed by atoms with Crippen LogP contribution >= 0.6 is 12.4 Å². The Morgan fingerprint density at radius 3 is 2.47 bits per heavy atom. The highest BCUT2D eigenvalue weighted by Crippen LogP contribution is 2.15. The fourth-order valence-corrected chi connectivity index (χ4v) is 2.65. The fourth-order valence-electron chi connectivity index (χ4n) is 2.65. The SMILES string of the molecule is Cl.OCCN(Cc1ccccc1)CC1CCNCC1. The second-order valence-corrected chi connectivity index (χ2v) is 5.14. The summed E-state index contributed by atoms with van der Waals surface area (Å²) in [6.07, 6.45) is 2.52. The molecule has 4 heteroatoms. The van der Waals surface area contributed by atoms with E-state index in [-0.39, 0.29) is 19.0 Å². The summed E-state index contributed by atoms with van der Waals surface area (Å²) >= 11 is 0. The number of halogens is 1. The number of benzene rings is 1. The lowest BCUT2D eigenvalue weighted by atomic mass is 9.97. The van der Waals surface area contributed by atoms with Gasteiger partial charge in [0.25, 0.3) is 0 Å². The van der Waals surface area contributed by atoms with Crippen LogP contribution in [0.4, 0.5) is 0 Å². The van der Waals surface area contributed by atoms with Gasteiger partial charge in [0.2, 0.25) is 0 Å². The van der Waals surface area contributed by atoms with Crippen molar-refractivity contribution >= 4 is 12.4 Å². The summed E-state index contributed by atoms with van der Waals surface area (Å²) in [6.45, 7) is 5.37. The number of aliphatic hydroxyl groups is 1. The average molecular weight is 285 g/mol. The third-order valence-electron chi connectivity index (χ3n) is 3.64. The van der Waals surface area contributed by atoms with Gasteiger partial charge in [0.1, 0.15) is 0 Å². The summed E-state index contributed by atoms with van der Waals surface area (Å²) in [7, 11) is 0. The van der Waals surface area contributed by atoms with Crippen molar-refractivity contribution in [3.8, 4) is 0 Å². The second-order valence-electron chi connectivity index (χ2n) is 5.14. The number of hydrogen-bond acceptors (Lipinski definition) is 3. The third-order valence-corrected chi connectivity index (χ3v) is 3.64.